The molecule has 1 saturated heterocycles. The van der Waals surface area contributed by atoms with Crippen LogP contribution in [0.1, 0.15) is 25.7 Å². The first-order chi connectivity index (χ1) is 11.1. The molecule has 1 aromatic heterocycles. The Bertz CT molecular complexity index is 644. The van der Waals surface area contributed by atoms with Crippen LogP contribution in [0, 0.1) is 11.8 Å². The molecular formula is C15H25IN4O2S2. The predicted molar refractivity (Wildman–Crippen MR) is 108 cm³/mol. The smallest absolute Gasteiger partial charge is 0.252 e. The van der Waals surface area contributed by atoms with Gasteiger partial charge in [0.15, 0.2) is 5.96 Å². The zero-order valence-electron chi connectivity index (χ0n) is 13.6. The molecule has 1 aromatic rings. The van der Waals surface area contributed by atoms with Crippen LogP contribution >= 0.6 is 35.3 Å². The number of sulfonamides is 1. The average Bonchev–Trinajstić information content (AvgIpc) is 3.15. The lowest BCUT2D eigenvalue weighted by molar-refractivity contribution is 0.315. The van der Waals surface area contributed by atoms with Crippen LogP contribution in [-0.2, 0) is 10.0 Å². The summed E-state index contributed by atoms with van der Waals surface area (Å²) in [5.41, 5.74) is 5.89. The molecule has 1 atom stereocenters. The van der Waals surface area contributed by atoms with Crippen LogP contribution in [0.15, 0.2) is 26.7 Å². The summed E-state index contributed by atoms with van der Waals surface area (Å²) in [4.78, 5) is 4.38. The van der Waals surface area contributed by atoms with Gasteiger partial charge in [0.2, 0.25) is 0 Å². The van der Waals surface area contributed by atoms with Gasteiger partial charge in [0, 0.05) is 26.2 Å². The number of nitrogens with one attached hydrogen (secondary N) is 1. The summed E-state index contributed by atoms with van der Waals surface area (Å²) in [5, 5.41) is 4.96. The monoisotopic (exact) mass is 484 g/mol. The fourth-order valence-electron chi connectivity index (χ4n) is 2.93. The minimum atomic E-state index is -3.33. The van der Waals surface area contributed by atoms with Gasteiger partial charge in [-0.05, 0) is 42.5 Å². The normalized spacial score (nSPS) is 22.8. The Morgan fingerprint density at radius 2 is 2.17 bits per heavy atom. The van der Waals surface area contributed by atoms with E-state index in [0.29, 0.717) is 29.8 Å². The number of nitrogens with zero attached hydrogens (tertiary/aromatic N) is 2. The average molecular weight is 484 g/mol. The van der Waals surface area contributed by atoms with Crippen molar-refractivity contribution in [3.05, 3.63) is 17.5 Å². The molecule has 0 bridgehead atoms. The number of aliphatic imine (C=N–C) groups is 1. The maximum atomic E-state index is 12.5. The highest BCUT2D eigenvalue weighted by Gasteiger charge is 2.32. The third kappa shape index (κ3) is 4.83. The van der Waals surface area contributed by atoms with Crippen LogP contribution in [0.4, 0.5) is 0 Å². The molecule has 2 aliphatic rings. The standard InChI is InChI=1S/C15H24N4O2S2.HI/c16-15(17-9-12-3-1-4-12)18-10-13-6-7-19(11-13)23(20,21)14-5-2-8-22-14;/h2,5,8,12-13H,1,3-4,6-7,9-11H2,(H3,16,17,18);1H. The highest BCUT2D eigenvalue weighted by Crippen LogP contribution is 2.27. The molecule has 3 rings (SSSR count). The van der Waals surface area contributed by atoms with E-state index < -0.39 is 10.0 Å². The molecule has 1 unspecified atom stereocenters. The fourth-order valence-corrected chi connectivity index (χ4v) is 5.61. The number of nitrogens with two attached hydrogens (primary N) is 1. The lowest BCUT2D eigenvalue weighted by Gasteiger charge is -2.25. The Morgan fingerprint density at radius 1 is 1.38 bits per heavy atom. The summed E-state index contributed by atoms with van der Waals surface area (Å²) in [6.07, 6.45) is 4.71. The molecule has 136 valence electrons. The molecule has 0 aromatic carbocycles. The van der Waals surface area contributed by atoms with Gasteiger partial charge in [-0.2, -0.15) is 4.31 Å². The number of thiophene rings is 1. The van der Waals surface area contributed by atoms with E-state index in [2.05, 4.69) is 10.3 Å². The quantitative estimate of drug-likeness (QED) is 0.368. The highest BCUT2D eigenvalue weighted by atomic mass is 127. The van der Waals surface area contributed by atoms with E-state index in [-0.39, 0.29) is 29.9 Å². The molecular weight excluding hydrogens is 459 g/mol. The van der Waals surface area contributed by atoms with Gasteiger partial charge >= 0.3 is 0 Å². The topological polar surface area (TPSA) is 87.8 Å². The summed E-state index contributed by atoms with van der Waals surface area (Å²) in [5.74, 6) is 1.46. The highest BCUT2D eigenvalue weighted by molar-refractivity contribution is 14.0. The molecule has 1 aliphatic carbocycles. The van der Waals surface area contributed by atoms with Crippen molar-refractivity contribution in [2.45, 2.75) is 29.9 Å². The maximum absolute atomic E-state index is 12.5. The van der Waals surface area contributed by atoms with Crippen LogP contribution in [0.5, 0.6) is 0 Å². The van der Waals surface area contributed by atoms with Gasteiger partial charge in [-0.25, -0.2) is 8.42 Å². The fraction of sp³-hybridized carbons (Fsp3) is 0.667. The van der Waals surface area contributed by atoms with Crippen molar-refractivity contribution < 1.29 is 8.42 Å². The molecule has 24 heavy (non-hydrogen) atoms. The van der Waals surface area contributed by atoms with Crippen molar-refractivity contribution in [3.8, 4) is 0 Å². The SMILES string of the molecule is I.NC(=NCC1CCN(S(=O)(=O)c2cccs2)C1)NCC1CCC1. The predicted octanol–water partition coefficient (Wildman–Crippen LogP) is 2.08. The molecule has 0 spiro atoms. The molecule has 2 heterocycles. The van der Waals surface area contributed by atoms with E-state index in [1.807, 2.05) is 0 Å². The summed E-state index contributed by atoms with van der Waals surface area (Å²) in [7, 11) is -3.33. The van der Waals surface area contributed by atoms with E-state index in [1.165, 1.54) is 30.6 Å². The minimum absolute atomic E-state index is 0. The number of guanidine groups is 1. The van der Waals surface area contributed by atoms with Gasteiger partial charge in [0.05, 0.1) is 0 Å². The molecule has 2 fully saturated rings. The van der Waals surface area contributed by atoms with Crippen molar-refractivity contribution in [1.29, 1.82) is 0 Å². The van der Waals surface area contributed by atoms with Gasteiger partial charge in [-0.3, -0.25) is 4.99 Å². The first-order valence-electron chi connectivity index (χ1n) is 8.13. The first-order valence-corrected chi connectivity index (χ1v) is 10.4. The zero-order chi connectivity index (χ0) is 16.3. The van der Waals surface area contributed by atoms with Crippen molar-refractivity contribution in [3.63, 3.8) is 0 Å². The van der Waals surface area contributed by atoms with Gasteiger partial charge in [-0.1, -0.05) is 12.5 Å². The lowest BCUT2D eigenvalue weighted by Crippen LogP contribution is -2.37. The second-order valence-corrected chi connectivity index (χ2v) is 9.47. The minimum Gasteiger partial charge on any atom is -0.370 e. The number of halogens is 1. The third-order valence-electron chi connectivity index (χ3n) is 4.65. The third-order valence-corrected chi connectivity index (χ3v) is 7.89. The maximum Gasteiger partial charge on any atom is 0.252 e. The molecule has 3 N–H and O–H groups in total. The Labute approximate surface area is 165 Å². The van der Waals surface area contributed by atoms with E-state index in [0.717, 1.165) is 18.9 Å². The van der Waals surface area contributed by atoms with Crippen LogP contribution in [0.3, 0.4) is 0 Å². The number of hydrogen-bond acceptors (Lipinski definition) is 4. The summed E-state index contributed by atoms with van der Waals surface area (Å²) >= 11 is 1.27. The van der Waals surface area contributed by atoms with Crippen LogP contribution in [0.2, 0.25) is 0 Å². The number of rotatable bonds is 6. The lowest BCUT2D eigenvalue weighted by atomic mass is 9.85. The first kappa shape index (κ1) is 19.9. The molecule has 1 aliphatic heterocycles. The Morgan fingerprint density at radius 3 is 2.79 bits per heavy atom. The summed E-state index contributed by atoms with van der Waals surface area (Å²) < 4.78 is 26.9. The van der Waals surface area contributed by atoms with Crippen LogP contribution in [-0.4, -0.2) is 44.9 Å². The van der Waals surface area contributed by atoms with E-state index in [4.69, 9.17) is 5.73 Å². The van der Waals surface area contributed by atoms with Crippen LogP contribution in [0.25, 0.3) is 0 Å². The van der Waals surface area contributed by atoms with Crippen LogP contribution < -0.4 is 11.1 Å². The van der Waals surface area contributed by atoms with Gasteiger partial charge in [-0.15, -0.1) is 35.3 Å². The zero-order valence-corrected chi connectivity index (χ0v) is 17.5. The van der Waals surface area contributed by atoms with Gasteiger partial charge in [0.1, 0.15) is 4.21 Å². The van der Waals surface area contributed by atoms with Crippen molar-refractivity contribution in [2.75, 3.05) is 26.2 Å². The van der Waals surface area contributed by atoms with E-state index >= 15 is 0 Å². The second kappa shape index (κ2) is 8.81. The molecule has 9 heteroatoms. The van der Waals surface area contributed by atoms with Crippen molar-refractivity contribution >= 4 is 51.3 Å². The molecule has 0 amide bonds. The van der Waals surface area contributed by atoms with Crippen molar-refractivity contribution in [1.82, 2.24) is 9.62 Å². The number of hydrogen-bond donors (Lipinski definition) is 2. The molecule has 0 radical (unpaired) electrons. The largest absolute Gasteiger partial charge is 0.370 e. The summed E-state index contributed by atoms with van der Waals surface area (Å²) in [6.45, 7) is 2.58. The van der Waals surface area contributed by atoms with Gasteiger partial charge in [0.25, 0.3) is 10.0 Å². The van der Waals surface area contributed by atoms with E-state index in [1.54, 1.807) is 21.8 Å². The van der Waals surface area contributed by atoms with E-state index in [9.17, 15) is 8.42 Å². The molecule has 1 saturated carbocycles. The Balaban J connectivity index is 0.00000208. The second-order valence-electron chi connectivity index (χ2n) is 6.35. The summed E-state index contributed by atoms with van der Waals surface area (Å²) in [6, 6.07) is 3.43. The Hall–Kier alpha value is -0.390. The molecule has 6 nitrogen and oxygen atoms in total. The van der Waals surface area contributed by atoms with Crippen molar-refractivity contribution in [2.24, 2.45) is 22.6 Å². The Kier molecular flexibility index (Phi) is 7.32. The van der Waals surface area contributed by atoms with Gasteiger partial charge < -0.3 is 11.1 Å².